The molecular weight excluding hydrogens is 290 g/mol. The molecule has 0 aromatic rings. The van der Waals surface area contributed by atoms with Crippen LogP contribution < -0.4 is 0 Å². The predicted octanol–water partition coefficient (Wildman–Crippen LogP) is 0.211. The molecule has 2 amide bonds. The van der Waals surface area contributed by atoms with Crippen molar-refractivity contribution >= 4 is 29.3 Å². The maximum atomic E-state index is 12.2. The lowest BCUT2D eigenvalue weighted by molar-refractivity contribution is -0.149. The van der Waals surface area contributed by atoms with Crippen LogP contribution in [0, 0.1) is 11.3 Å². The maximum absolute atomic E-state index is 12.2. The van der Waals surface area contributed by atoms with E-state index in [0.717, 1.165) is 4.90 Å². The Bertz CT molecular complexity index is 570. The third-order valence-electron chi connectivity index (χ3n) is 3.21. The van der Waals surface area contributed by atoms with Gasteiger partial charge < -0.3 is 10.3 Å². The number of ether oxygens (including phenoxy) is 1. The first-order valence-electron chi connectivity index (χ1n) is 6.94. The molecule has 0 N–H and O–H groups in total. The lowest BCUT2D eigenvalue weighted by Gasteiger charge is -2.24. The number of ketones is 1. The Morgan fingerprint density at radius 3 is 2.41 bits per heavy atom. The minimum Gasteiger partial charge on any atom is -0.457 e. The zero-order valence-corrected chi connectivity index (χ0v) is 13.1. The minimum atomic E-state index is -1.21. The summed E-state index contributed by atoms with van der Waals surface area (Å²) in [7, 11) is 0. The molecule has 8 heteroatoms. The van der Waals surface area contributed by atoms with Gasteiger partial charge in [-0.25, -0.2) is 4.79 Å². The fourth-order valence-electron chi connectivity index (χ4n) is 2.08. The Labute approximate surface area is 128 Å². The van der Waals surface area contributed by atoms with Crippen LogP contribution in [0.2, 0.25) is 0 Å². The van der Waals surface area contributed by atoms with Gasteiger partial charge in [-0.3, -0.25) is 19.3 Å². The fraction of sp³-hybridized carbons (Fsp3) is 0.643. The van der Waals surface area contributed by atoms with Crippen molar-refractivity contribution in [3.63, 3.8) is 0 Å². The monoisotopic (exact) mass is 309 g/mol. The molecule has 1 saturated heterocycles. The quantitative estimate of drug-likeness (QED) is 0.242. The molecule has 8 nitrogen and oxygen atoms in total. The van der Waals surface area contributed by atoms with Crippen LogP contribution in [0.1, 0.15) is 34.1 Å². The van der Waals surface area contributed by atoms with Gasteiger partial charge in [0.15, 0.2) is 0 Å². The zero-order chi connectivity index (χ0) is 17.1. The number of nitrogens with zero attached hydrogens (tertiary/aromatic N) is 3. The molecule has 1 rings (SSSR count). The van der Waals surface area contributed by atoms with Crippen molar-refractivity contribution in [1.82, 2.24) is 4.90 Å². The van der Waals surface area contributed by atoms with E-state index in [1.807, 2.05) is 0 Å². The summed E-state index contributed by atoms with van der Waals surface area (Å²) in [5.41, 5.74) is 7.23. The van der Waals surface area contributed by atoms with Crippen LogP contribution in [0.5, 0.6) is 0 Å². The van der Waals surface area contributed by atoms with Crippen LogP contribution >= 0.6 is 0 Å². The lowest BCUT2D eigenvalue weighted by atomic mass is 9.94. The fourth-order valence-corrected chi connectivity index (χ4v) is 2.08. The highest BCUT2D eigenvalue weighted by molar-refractivity contribution is 6.64. The average molecular weight is 309 g/mol. The Kier molecular flexibility index (Phi) is 5.33. The van der Waals surface area contributed by atoms with Crippen molar-refractivity contribution in [2.75, 3.05) is 13.2 Å². The second-order valence-electron chi connectivity index (χ2n) is 5.92. The Balaban J connectivity index is 2.94. The van der Waals surface area contributed by atoms with Gasteiger partial charge in [-0.15, -0.1) is 0 Å². The first-order chi connectivity index (χ1) is 10.1. The summed E-state index contributed by atoms with van der Waals surface area (Å²) < 4.78 is 4.60. The van der Waals surface area contributed by atoms with Crippen molar-refractivity contribution < 1.29 is 28.7 Å². The molecule has 0 aromatic carbocycles. The topological polar surface area (TPSA) is 117 Å². The van der Waals surface area contributed by atoms with Crippen LogP contribution in [-0.2, 0) is 23.9 Å². The van der Waals surface area contributed by atoms with Gasteiger partial charge in [0.05, 0.1) is 6.61 Å². The van der Waals surface area contributed by atoms with E-state index in [4.69, 9.17) is 5.53 Å². The molecule has 1 heterocycles. The smallest absolute Gasteiger partial charge is 0.442 e. The summed E-state index contributed by atoms with van der Waals surface area (Å²) in [5, 5.41) is 0. The number of hydrogen-bond donors (Lipinski definition) is 0. The Morgan fingerprint density at radius 1 is 1.36 bits per heavy atom. The molecule has 1 fully saturated rings. The molecule has 1 aliphatic heterocycles. The maximum Gasteiger partial charge on any atom is 0.442 e. The van der Waals surface area contributed by atoms with Gasteiger partial charge in [0, 0.05) is 12.0 Å². The number of imide groups is 1. The number of hydrogen-bond acceptors (Lipinski definition) is 5. The summed E-state index contributed by atoms with van der Waals surface area (Å²) >= 11 is 0. The minimum absolute atomic E-state index is 0.00161. The van der Waals surface area contributed by atoms with E-state index in [0.29, 0.717) is 0 Å². The summed E-state index contributed by atoms with van der Waals surface area (Å²) in [6.07, 6.45) is 0.0813. The Morgan fingerprint density at radius 2 is 1.95 bits per heavy atom. The van der Waals surface area contributed by atoms with Gasteiger partial charge in [-0.2, -0.15) is 4.79 Å². The normalized spacial score (nSPS) is 17.9. The number of carbonyl (C=O) groups is 4. The van der Waals surface area contributed by atoms with Gasteiger partial charge >= 0.3 is 11.7 Å². The number of esters is 1. The standard InChI is InChI=1S/C14H19N3O5/c1-5-22-12(20)9(16-15)10(18)8-6-7-17(11(8)19)13(21)14(2,3)4/h8H,5-7H2,1-4H3. The number of rotatable bonds is 4. The van der Waals surface area contributed by atoms with E-state index >= 15 is 0 Å². The molecule has 0 spiro atoms. The average Bonchev–Trinajstić information content (AvgIpc) is 2.79. The number of amides is 2. The highest BCUT2D eigenvalue weighted by Crippen LogP contribution is 2.25. The molecule has 0 saturated carbocycles. The third-order valence-corrected chi connectivity index (χ3v) is 3.21. The van der Waals surface area contributed by atoms with Crippen LogP contribution in [-0.4, -0.2) is 52.1 Å². The molecule has 1 aliphatic rings. The van der Waals surface area contributed by atoms with Crippen LogP contribution in [0.3, 0.4) is 0 Å². The molecule has 1 unspecified atom stereocenters. The summed E-state index contributed by atoms with van der Waals surface area (Å²) in [4.78, 5) is 51.7. The Hall–Kier alpha value is -2.34. The van der Waals surface area contributed by atoms with Gasteiger partial charge in [0.1, 0.15) is 5.92 Å². The van der Waals surface area contributed by atoms with E-state index in [1.165, 1.54) is 6.92 Å². The molecule has 22 heavy (non-hydrogen) atoms. The molecule has 0 bridgehead atoms. The molecule has 120 valence electrons. The van der Waals surface area contributed by atoms with Crippen molar-refractivity contribution in [1.29, 1.82) is 0 Å². The van der Waals surface area contributed by atoms with Gasteiger partial charge in [0.25, 0.3) is 5.78 Å². The number of Topliss-reactive ketones (excluding diaryl/α,β-unsaturated/α-hetero) is 1. The van der Waals surface area contributed by atoms with E-state index in [9.17, 15) is 19.2 Å². The van der Waals surface area contributed by atoms with Gasteiger partial charge in [-0.1, -0.05) is 20.8 Å². The van der Waals surface area contributed by atoms with Gasteiger partial charge in [0.2, 0.25) is 11.8 Å². The van der Waals surface area contributed by atoms with E-state index in [1.54, 1.807) is 20.8 Å². The van der Waals surface area contributed by atoms with Crippen molar-refractivity contribution in [2.24, 2.45) is 11.3 Å². The second-order valence-corrected chi connectivity index (χ2v) is 5.92. The van der Waals surface area contributed by atoms with Crippen LogP contribution in [0.25, 0.3) is 5.53 Å². The van der Waals surface area contributed by atoms with E-state index < -0.39 is 40.6 Å². The van der Waals surface area contributed by atoms with Gasteiger partial charge in [-0.05, 0) is 13.3 Å². The zero-order valence-electron chi connectivity index (χ0n) is 13.1. The predicted molar refractivity (Wildman–Crippen MR) is 74.5 cm³/mol. The van der Waals surface area contributed by atoms with Crippen molar-refractivity contribution in [2.45, 2.75) is 34.1 Å². The van der Waals surface area contributed by atoms with Crippen molar-refractivity contribution in [3.05, 3.63) is 5.53 Å². The molecule has 1 atom stereocenters. The van der Waals surface area contributed by atoms with Crippen LogP contribution in [0.15, 0.2) is 0 Å². The first-order valence-corrected chi connectivity index (χ1v) is 6.94. The third kappa shape index (κ3) is 3.46. The number of likely N-dealkylation sites (tertiary alicyclic amines) is 1. The largest absolute Gasteiger partial charge is 0.457 e. The lowest BCUT2D eigenvalue weighted by Crippen LogP contribution is -2.43. The summed E-state index contributed by atoms with van der Waals surface area (Å²) in [5.74, 6) is -4.32. The van der Waals surface area contributed by atoms with E-state index in [2.05, 4.69) is 9.53 Å². The van der Waals surface area contributed by atoms with Crippen LogP contribution in [0.4, 0.5) is 0 Å². The summed E-state index contributed by atoms with van der Waals surface area (Å²) in [6, 6.07) is 0. The second kappa shape index (κ2) is 6.62. The molecule has 0 aliphatic carbocycles. The van der Waals surface area contributed by atoms with Crippen molar-refractivity contribution in [3.8, 4) is 0 Å². The first kappa shape index (κ1) is 17.7. The number of carbonyl (C=O) groups excluding carboxylic acids is 4. The van der Waals surface area contributed by atoms with E-state index in [-0.39, 0.29) is 19.6 Å². The molecule has 0 radical (unpaired) electrons. The molecular formula is C14H19N3O5. The summed E-state index contributed by atoms with van der Waals surface area (Å²) in [6.45, 7) is 6.61. The SMILES string of the molecule is CCOC(=O)C(=[N+]=[N-])C(=O)C1CCN(C(=O)C(C)(C)C)C1=O. The highest BCUT2D eigenvalue weighted by Gasteiger charge is 2.48. The highest BCUT2D eigenvalue weighted by atomic mass is 16.5. The molecule has 0 aromatic heterocycles.